The number of nitrogens with one attached hydrogen (secondary N) is 2. The van der Waals surface area contributed by atoms with Gasteiger partial charge in [-0.15, -0.1) is 0 Å². The molecular weight excluding hydrogens is 257 g/mol. The van der Waals surface area contributed by atoms with Crippen molar-refractivity contribution in [3.8, 4) is 0 Å². The van der Waals surface area contributed by atoms with Gasteiger partial charge in [0.1, 0.15) is 0 Å². The quantitative estimate of drug-likeness (QED) is 0.877. The Kier molecular flexibility index (Phi) is 3.71. The highest BCUT2D eigenvalue weighted by atomic mass is 35.5. The zero-order valence-electron chi connectivity index (χ0n) is 9.17. The Hall–Kier alpha value is -1.45. The van der Waals surface area contributed by atoms with Crippen LogP contribution >= 0.6 is 23.2 Å². The van der Waals surface area contributed by atoms with E-state index in [0.717, 1.165) is 11.4 Å². The molecule has 0 bridgehead atoms. The molecule has 88 valence electrons. The number of halogens is 2. The first-order valence-corrected chi connectivity index (χ1v) is 5.80. The first-order chi connectivity index (χ1) is 8.20. The summed E-state index contributed by atoms with van der Waals surface area (Å²) < 4.78 is 0. The molecule has 0 radical (unpaired) electrons. The predicted molar refractivity (Wildman–Crippen MR) is 73.5 cm³/mol. The first-order valence-electron chi connectivity index (χ1n) is 5.04. The summed E-state index contributed by atoms with van der Waals surface area (Å²) >= 11 is 12.1. The molecule has 0 saturated carbocycles. The average molecular weight is 268 g/mol. The van der Waals surface area contributed by atoms with E-state index in [9.17, 15) is 0 Å². The largest absolute Gasteiger partial charge is 0.387 e. The first kappa shape index (κ1) is 12.0. The smallest absolute Gasteiger partial charge is 0.0763 e. The molecule has 2 aromatic rings. The lowest BCUT2D eigenvalue weighted by atomic mass is 10.3. The van der Waals surface area contributed by atoms with Gasteiger partial charge in [-0.05, 0) is 18.2 Å². The molecule has 0 atom stereocenters. The average Bonchev–Trinajstić information content (AvgIpc) is 2.34. The minimum Gasteiger partial charge on any atom is -0.387 e. The van der Waals surface area contributed by atoms with Crippen molar-refractivity contribution in [1.82, 2.24) is 4.98 Å². The fraction of sp³-hybridized carbons (Fsp3) is 0.0833. The molecule has 17 heavy (non-hydrogen) atoms. The number of hydrogen-bond acceptors (Lipinski definition) is 3. The highest BCUT2D eigenvalue weighted by molar-refractivity contribution is 6.39. The van der Waals surface area contributed by atoms with Gasteiger partial charge in [0, 0.05) is 7.05 Å². The standard InChI is InChI=1S/C12H11Cl2N3/c1-15-8-5-9(7-16-6-8)17-12-10(13)3-2-4-11(12)14/h2-7,15,17H,1H3. The number of benzene rings is 1. The van der Waals surface area contributed by atoms with Crippen molar-refractivity contribution in [2.75, 3.05) is 17.7 Å². The van der Waals surface area contributed by atoms with Crippen LogP contribution in [-0.2, 0) is 0 Å². The summed E-state index contributed by atoms with van der Waals surface area (Å²) in [5, 5.41) is 7.32. The molecule has 5 heteroatoms. The lowest BCUT2D eigenvalue weighted by Gasteiger charge is -2.10. The van der Waals surface area contributed by atoms with E-state index in [-0.39, 0.29) is 0 Å². The Morgan fingerprint density at radius 2 is 1.71 bits per heavy atom. The maximum Gasteiger partial charge on any atom is 0.0763 e. The molecular formula is C12H11Cl2N3. The summed E-state index contributed by atoms with van der Waals surface area (Å²) in [5.74, 6) is 0. The van der Waals surface area contributed by atoms with Gasteiger partial charge in [-0.2, -0.15) is 0 Å². The van der Waals surface area contributed by atoms with Crippen molar-refractivity contribution >= 4 is 40.3 Å². The van der Waals surface area contributed by atoms with E-state index in [4.69, 9.17) is 23.2 Å². The Labute approximate surface area is 110 Å². The summed E-state index contributed by atoms with van der Waals surface area (Å²) in [4.78, 5) is 4.10. The van der Waals surface area contributed by atoms with Gasteiger partial charge in [0.15, 0.2) is 0 Å². The number of anilines is 3. The van der Waals surface area contributed by atoms with E-state index in [1.807, 2.05) is 13.1 Å². The van der Waals surface area contributed by atoms with Crippen LogP contribution in [0.15, 0.2) is 36.7 Å². The second kappa shape index (κ2) is 5.25. The maximum atomic E-state index is 6.07. The third kappa shape index (κ3) is 2.81. The number of para-hydroxylation sites is 1. The molecule has 1 aromatic heterocycles. The van der Waals surface area contributed by atoms with Crippen molar-refractivity contribution in [2.45, 2.75) is 0 Å². The van der Waals surface area contributed by atoms with Crippen molar-refractivity contribution in [3.63, 3.8) is 0 Å². The Bertz CT molecular complexity index is 509. The number of hydrogen-bond donors (Lipinski definition) is 2. The Morgan fingerprint density at radius 3 is 2.35 bits per heavy atom. The molecule has 0 unspecified atom stereocenters. The van der Waals surface area contributed by atoms with Gasteiger partial charge in [-0.1, -0.05) is 29.3 Å². The second-order valence-corrected chi connectivity index (χ2v) is 4.25. The van der Waals surface area contributed by atoms with Crippen LogP contribution in [0.5, 0.6) is 0 Å². The molecule has 0 aliphatic carbocycles. The van der Waals surface area contributed by atoms with Crippen LogP contribution < -0.4 is 10.6 Å². The molecule has 3 nitrogen and oxygen atoms in total. The topological polar surface area (TPSA) is 37.0 Å². The number of pyridine rings is 1. The van der Waals surface area contributed by atoms with Gasteiger partial charge in [-0.25, -0.2) is 0 Å². The SMILES string of the molecule is CNc1cncc(Nc2c(Cl)cccc2Cl)c1. The summed E-state index contributed by atoms with van der Waals surface area (Å²) in [7, 11) is 1.84. The molecule has 0 spiro atoms. The summed E-state index contributed by atoms with van der Waals surface area (Å²) in [6.07, 6.45) is 3.44. The fourth-order valence-electron chi connectivity index (χ4n) is 1.41. The van der Waals surface area contributed by atoms with Gasteiger partial charge < -0.3 is 10.6 Å². The van der Waals surface area contributed by atoms with Crippen molar-refractivity contribution in [2.24, 2.45) is 0 Å². The third-order valence-electron chi connectivity index (χ3n) is 2.26. The highest BCUT2D eigenvalue weighted by Gasteiger charge is 2.05. The molecule has 0 saturated heterocycles. The number of nitrogens with zero attached hydrogens (tertiary/aromatic N) is 1. The Morgan fingerprint density at radius 1 is 1.06 bits per heavy atom. The molecule has 2 rings (SSSR count). The van der Waals surface area contributed by atoms with Gasteiger partial charge >= 0.3 is 0 Å². The lowest BCUT2D eigenvalue weighted by molar-refractivity contribution is 1.30. The normalized spacial score (nSPS) is 10.1. The van der Waals surface area contributed by atoms with Gasteiger partial charge in [0.25, 0.3) is 0 Å². The monoisotopic (exact) mass is 267 g/mol. The molecule has 1 heterocycles. The molecule has 0 amide bonds. The van der Waals surface area contributed by atoms with E-state index in [2.05, 4.69) is 15.6 Å². The highest BCUT2D eigenvalue weighted by Crippen LogP contribution is 2.32. The van der Waals surface area contributed by atoms with Crippen LogP contribution in [0.25, 0.3) is 0 Å². The molecule has 2 N–H and O–H groups in total. The molecule has 1 aromatic carbocycles. The zero-order valence-corrected chi connectivity index (χ0v) is 10.7. The summed E-state index contributed by atoms with van der Waals surface area (Å²) in [5.41, 5.74) is 2.43. The Balaban J connectivity index is 2.31. The van der Waals surface area contributed by atoms with Crippen molar-refractivity contribution in [3.05, 3.63) is 46.7 Å². The van der Waals surface area contributed by atoms with Crippen molar-refractivity contribution < 1.29 is 0 Å². The zero-order chi connectivity index (χ0) is 12.3. The van der Waals surface area contributed by atoms with E-state index < -0.39 is 0 Å². The summed E-state index contributed by atoms with van der Waals surface area (Å²) in [6.45, 7) is 0. The van der Waals surface area contributed by atoms with Crippen LogP contribution in [-0.4, -0.2) is 12.0 Å². The minimum absolute atomic E-state index is 0.576. The van der Waals surface area contributed by atoms with E-state index in [1.54, 1.807) is 30.6 Å². The third-order valence-corrected chi connectivity index (χ3v) is 2.89. The fourth-order valence-corrected chi connectivity index (χ4v) is 1.90. The maximum absolute atomic E-state index is 6.07. The molecule has 0 fully saturated rings. The van der Waals surface area contributed by atoms with Gasteiger partial charge in [-0.3, -0.25) is 4.98 Å². The number of aromatic nitrogens is 1. The van der Waals surface area contributed by atoms with Crippen molar-refractivity contribution in [1.29, 1.82) is 0 Å². The minimum atomic E-state index is 0.576. The second-order valence-electron chi connectivity index (χ2n) is 3.43. The number of rotatable bonds is 3. The van der Waals surface area contributed by atoms with E-state index in [1.165, 1.54) is 0 Å². The molecule has 0 aliphatic rings. The molecule has 0 aliphatic heterocycles. The lowest BCUT2D eigenvalue weighted by Crippen LogP contribution is -1.95. The van der Waals surface area contributed by atoms with Gasteiger partial charge in [0.05, 0.1) is 39.5 Å². The van der Waals surface area contributed by atoms with Crippen LogP contribution in [0.3, 0.4) is 0 Å². The van der Waals surface area contributed by atoms with Crippen LogP contribution in [0.2, 0.25) is 10.0 Å². The predicted octanol–water partition coefficient (Wildman–Crippen LogP) is 4.17. The van der Waals surface area contributed by atoms with Crippen LogP contribution in [0.4, 0.5) is 17.1 Å². The van der Waals surface area contributed by atoms with E-state index in [0.29, 0.717) is 15.7 Å². The van der Waals surface area contributed by atoms with Crippen LogP contribution in [0, 0.1) is 0 Å². The summed E-state index contributed by atoms with van der Waals surface area (Å²) in [6, 6.07) is 7.29. The van der Waals surface area contributed by atoms with E-state index >= 15 is 0 Å². The van der Waals surface area contributed by atoms with Gasteiger partial charge in [0.2, 0.25) is 0 Å². The van der Waals surface area contributed by atoms with Crippen LogP contribution in [0.1, 0.15) is 0 Å².